The lowest BCUT2D eigenvalue weighted by Crippen LogP contribution is -2.31. The number of ether oxygens (including phenoxy) is 3. The second-order valence-corrected chi connectivity index (χ2v) is 33.2. The zero-order valence-electron chi connectivity index (χ0n) is 67.5. The standard InChI is InChI=1S/2C22H18N2O2S.C21H16N2O3S.C17H16N2O2S.C16H12N2O4S/c25-21-23(16-17-10-4-1-5-11-17)22(26)27-24(21)20(18-12-6-2-7-13-18)19-14-8-3-9-15-19;25-21-23(16-18-11-5-2-6-12-18)22(26)27-24(21)20-14-8-7-13-19(20)15-17-9-3-1-4-10-17;24-20-22(15-16-7-3-1-4-8-16)21(25)27-23(20)17-11-13-19(14-12-17)26-18-9-5-2-6-10-18;20-16-18(13-15-9-5-2-6-10-15)17(21)22-19(16)12-11-14-7-3-1-4-8-14;19-15-17(9-11-4-2-1-3-5-11)16(20)23-18(15)12-6-7-13-14(8-12)22-10-21-13/h1-15,20H,16H2;1-14H,15-16H2;1-14H,15H2;1-10H,11-13H2;1-8H,9-10H2. The summed E-state index contributed by atoms with van der Waals surface area (Å²) < 4.78 is 30.1. The number of hydrogen-bond donors (Lipinski definition) is 0. The average Bonchev–Trinajstić information content (AvgIpc) is 1.66. The van der Waals surface area contributed by atoms with Gasteiger partial charge >= 0.3 is 52.8 Å². The molecule has 1 aliphatic heterocycles. The fraction of sp³-hybridized carbons (Fsp3) is 0.102. The summed E-state index contributed by atoms with van der Waals surface area (Å²) >= 11 is 4.68. The highest BCUT2D eigenvalue weighted by atomic mass is 32.1. The van der Waals surface area contributed by atoms with Crippen molar-refractivity contribution < 1.29 is 14.2 Å². The Hall–Kier alpha value is -14.9. The number of aromatic nitrogens is 10. The van der Waals surface area contributed by atoms with E-state index in [9.17, 15) is 47.9 Å². The van der Waals surface area contributed by atoms with Crippen molar-refractivity contribution in [2.75, 3.05) is 6.79 Å². The summed E-state index contributed by atoms with van der Waals surface area (Å²) in [5.74, 6) is 2.61. The molecule has 0 N–H and O–H groups in total. The van der Waals surface area contributed by atoms with Gasteiger partial charge in [0.2, 0.25) is 6.79 Å². The molecule has 0 spiro atoms. The van der Waals surface area contributed by atoms with Gasteiger partial charge in [-0.05, 0) is 123 Å². The molecule has 0 radical (unpaired) electrons. The Bertz CT molecular complexity index is 7230. The van der Waals surface area contributed by atoms with Crippen LogP contribution in [0.2, 0.25) is 0 Å². The van der Waals surface area contributed by atoms with Crippen LogP contribution in [0.5, 0.6) is 23.0 Å². The highest BCUT2D eigenvalue weighted by molar-refractivity contribution is 7.04. The molecule has 6 heterocycles. The number of hydrogen-bond acceptors (Lipinski definition) is 18. The van der Waals surface area contributed by atoms with Crippen molar-refractivity contribution >= 4 is 57.7 Å². The van der Waals surface area contributed by atoms with Crippen LogP contribution >= 0.6 is 57.7 Å². The highest BCUT2D eigenvalue weighted by Gasteiger charge is 2.24. The minimum atomic E-state index is -0.359. The van der Waals surface area contributed by atoms with Crippen molar-refractivity contribution in [3.63, 3.8) is 0 Å². The monoisotopic (exact) mass is 1760 g/mol. The second kappa shape index (κ2) is 41.8. The van der Waals surface area contributed by atoms with E-state index in [2.05, 4.69) is 12.1 Å². The molecule has 13 aromatic carbocycles. The molecule has 0 atom stereocenters. The molecule has 0 fully saturated rings. The van der Waals surface area contributed by atoms with Gasteiger partial charge in [0, 0.05) is 70.3 Å². The molecule has 0 saturated carbocycles. The quantitative estimate of drug-likeness (QED) is 0.0579. The first-order valence-electron chi connectivity index (χ1n) is 39.9. The fourth-order valence-corrected chi connectivity index (χ4v) is 17.8. The number of nitrogens with zero attached hydrogens (tertiary/aromatic N) is 10. The Labute approximate surface area is 740 Å². The van der Waals surface area contributed by atoms with E-state index >= 15 is 0 Å². The lowest BCUT2D eigenvalue weighted by atomic mass is 9.99. The summed E-state index contributed by atoms with van der Waals surface area (Å²) in [5.41, 5.74) is 10.4. The molecular weight excluding hydrogens is 1690 g/mol. The number of aryl methyl sites for hydroxylation is 2. The third-order valence-corrected chi connectivity index (χ3v) is 24.6. The molecule has 0 unspecified atom stereocenters. The summed E-state index contributed by atoms with van der Waals surface area (Å²) in [4.78, 5) is 124. The van der Waals surface area contributed by atoms with Crippen LogP contribution in [0.4, 0.5) is 0 Å². The zero-order chi connectivity index (χ0) is 87.1. The van der Waals surface area contributed by atoms with E-state index in [0.717, 1.165) is 131 Å². The number of rotatable bonds is 23. The first kappa shape index (κ1) is 86.0. The Morgan fingerprint density at radius 3 is 1.08 bits per heavy atom. The zero-order valence-corrected chi connectivity index (χ0v) is 71.6. The fourth-order valence-electron chi connectivity index (χ4n) is 13.7. The molecule has 5 aromatic heterocycles. The van der Waals surface area contributed by atoms with Crippen LogP contribution in [0, 0.1) is 0 Å². The van der Waals surface area contributed by atoms with Gasteiger partial charge in [0.25, 0.3) is 0 Å². The van der Waals surface area contributed by atoms with Crippen LogP contribution in [-0.4, -0.2) is 49.4 Å². The van der Waals surface area contributed by atoms with Gasteiger partial charge in [-0.25, -0.2) is 66.6 Å². The van der Waals surface area contributed by atoms with Crippen molar-refractivity contribution in [1.82, 2.24) is 42.6 Å². The molecule has 18 aromatic rings. The van der Waals surface area contributed by atoms with Gasteiger partial charge in [0.05, 0.1) is 55.8 Å². The Balaban J connectivity index is 0.000000122. The van der Waals surface area contributed by atoms with E-state index < -0.39 is 0 Å². The Kier molecular flexibility index (Phi) is 28.5. The maximum atomic E-state index is 13.1. The van der Waals surface area contributed by atoms with Crippen LogP contribution in [-0.2, 0) is 52.1 Å². The number of fused-ring (bicyclic) bond motifs is 1. The molecule has 1 aliphatic rings. The summed E-state index contributed by atoms with van der Waals surface area (Å²) in [6, 6.07) is 116. The minimum absolute atomic E-state index is 0.166. The molecule has 630 valence electrons. The smallest absolute Gasteiger partial charge is 0.346 e. The van der Waals surface area contributed by atoms with E-state index in [1.807, 2.05) is 315 Å². The molecule has 126 heavy (non-hydrogen) atoms. The summed E-state index contributed by atoms with van der Waals surface area (Å²) in [7, 11) is 0. The molecule has 23 nitrogen and oxygen atoms in total. The van der Waals surface area contributed by atoms with Crippen LogP contribution in [0.3, 0.4) is 0 Å². The third-order valence-electron chi connectivity index (χ3n) is 20.0. The van der Waals surface area contributed by atoms with Crippen LogP contribution in [0.15, 0.2) is 418 Å². The van der Waals surface area contributed by atoms with Crippen LogP contribution in [0.1, 0.15) is 61.7 Å². The van der Waals surface area contributed by atoms with E-state index in [1.165, 1.54) is 38.7 Å². The summed E-state index contributed by atoms with van der Waals surface area (Å²) in [5, 5.41) is 0. The second-order valence-electron chi connectivity index (χ2n) is 28.6. The van der Waals surface area contributed by atoms with Gasteiger partial charge in [-0.15, -0.1) is 0 Å². The maximum Gasteiger partial charge on any atom is 0.346 e. The predicted octanol–water partition coefficient (Wildman–Crippen LogP) is 15.6. The number of para-hydroxylation sites is 2. The Morgan fingerprint density at radius 2 is 0.619 bits per heavy atom. The largest absolute Gasteiger partial charge is 0.457 e. The van der Waals surface area contributed by atoms with E-state index in [1.54, 1.807) is 46.4 Å². The van der Waals surface area contributed by atoms with Gasteiger partial charge in [-0.3, -0.25) is 24.0 Å². The normalized spacial score (nSPS) is 11.1. The van der Waals surface area contributed by atoms with Crippen molar-refractivity contribution in [2.24, 2.45) is 0 Å². The van der Waals surface area contributed by atoms with Crippen molar-refractivity contribution in [3.8, 4) is 40.1 Å². The van der Waals surface area contributed by atoms with E-state index in [-0.39, 0.29) is 91.8 Å². The van der Waals surface area contributed by atoms with Crippen LogP contribution in [0.25, 0.3) is 17.1 Å². The maximum absolute atomic E-state index is 13.1. The van der Waals surface area contributed by atoms with E-state index in [0.29, 0.717) is 48.1 Å². The lowest BCUT2D eigenvalue weighted by Gasteiger charge is -2.17. The molecule has 0 aliphatic carbocycles. The lowest BCUT2D eigenvalue weighted by molar-refractivity contribution is 0.174. The molecule has 0 bridgehead atoms. The highest BCUT2D eigenvalue weighted by Crippen LogP contribution is 2.34. The van der Waals surface area contributed by atoms with Crippen molar-refractivity contribution in [2.45, 2.75) is 58.2 Å². The van der Waals surface area contributed by atoms with Gasteiger partial charge in [-0.2, -0.15) is 0 Å². The molecular formula is C98H80N10O13S5. The van der Waals surface area contributed by atoms with Gasteiger partial charge in [0.15, 0.2) is 11.5 Å². The van der Waals surface area contributed by atoms with Crippen molar-refractivity contribution in [3.05, 3.63) is 526 Å². The first-order chi connectivity index (χ1) is 61.6. The summed E-state index contributed by atoms with van der Waals surface area (Å²) in [6.45, 7) is 2.10. The average molecular weight is 1770 g/mol. The van der Waals surface area contributed by atoms with Gasteiger partial charge < -0.3 is 14.2 Å². The molecule has 28 heteroatoms. The molecule has 0 saturated heterocycles. The summed E-state index contributed by atoms with van der Waals surface area (Å²) in [6.07, 6.45) is 1.44. The van der Waals surface area contributed by atoms with Gasteiger partial charge in [-0.1, -0.05) is 309 Å². The third kappa shape index (κ3) is 21.7. The predicted molar refractivity (Wildman–Crippen MR) is 498 cm³/mol. The van der Waals surface area contributed by atoms with Gasteiger partial charge in [0.1, 0.15) is 11.5 Å². The SMILES string of the molecule is O=c1sn(-c2ccc(Oc3ccccc3)cc2)c(=O)n1Cc1ccccc1.O=c1sn(-c2ccc3c(c2)OCO3)c(=O)n1Cc1ccccc1.O=c1sn(-c2ccccc2Cc2ccccc2)c(=O)n1Cc1ccccc1.O=c1sn(C(c2ccccc2)c2ccccc2)c(=O)n1Cc1ccccc1.O=c1sn(CCc2ccccc2)c(=O)n1Cc1ccccc1. The topological polar surface area (TPSA) is 248 Å². The van der Waals surface area contributed by atoms with Crippen molar-refractivity contribution in [1.29, 1.82) is 0 Å². The minimum Gasteiger partial charge on any atom is -0.457 e. The first-order valence-corrected chi connectivity index (χ1v) is 43.8. The van der Waals surface area contributed by atoms with Crippen LogP contribution < -0.4 is 67.0 Å². The molecule has 19 rings (SSSR count). The number of benzene rings is 13. The van der Waals surface area contributed by atoms with E-state index in [4.69, 9.17) is 14.2 Å². The Morgan fingerprint density at radius 1 is 0.286 bits per heavy atom. The molecule has 0 amide bonds.